The van der Waals surface area contributed by atoms with E-state index in [2.05, 4.69) is 15.5 Å². The maximum Gasteiger partial charge on any atom is 0.451 e. The maximum absolute atomic E-state index is 12.6. The topological polar surface area (TPSA) is 100 Å². The van der Waals surface area contributed by atoms with Crippen molar-refractivity contribution in [1.29, 1.82) is 0 Å². The molecule has 110 valence electrons. The molecule has 1 aliphatic heterocycles. The molecule has 1 aliphatic rings. The standard InChI is InChI=1S/C9H10F3N5O3/c10-9(11,12)7-15-14-5-4-16(1-2-17(5)7)8(20)13-3-6(18)19/h1-4H2,(H,13,20)(H,18,19). The summed E-state index contributed by atoms with van der Waals surface area (Å²) < 4.78 is 38.7. The number of carbonyl (C=O) groups excluding carboxylic acids is 1. The SMILES string of the molecule is O=C(O)CNC(=O)N1CCn2c(nnc2C(F)(F)F)C1. The van der Waals surface area contributed by atoms with E-state index >= 15 is 0 Å². The Bertz CT molecular complexity index is 541. The molecule has 20 heavy (non-hydrogen) atoms. The summed E-state index contributed by atoms with van der Waals surface area (Å²) in [7, 11) is 0. The summed E-state index contributed by atoms with van der Waals surface area (Å²) in [5, 5.41) is 17.0. The predicted molar refractivity (Wildman–Crippen MR) is 56.5 cm³/mol. The average molecular weight is 293 g/mol. The molecule has 0 spiro atoms. The minimum absolute atomic E-state index is 0.00838. The zero-order valence-electron chi connectivity index (χ0n) is 10.0. The van der Waals surface area contributed by atoms with Gasteiger partial charge in [0.05, 0.1) is 6.54 Å². The van der Waals surface area contributed by atoms with Crippen molar-refractivity contribution < 1.29 is 27.9 Å². The Balaban J connectivity index is 2.07. The fourth-order valence-electron chi connectivity index (χ4n) is 1.80. The highest BCUT2D eigenvalue weighted by Crippen LogP contribution is 2.29. The second kappa shape index (κ2) is 4.98. The van der Waals surface area contributed by atoms with E-state index in [-0.39, 0.29) is 25.5 Å². The second-order valence-electron chi connectivity index (χ2n) is 4.06. The summed E-state index contributed by atoms with van der Waals surface area (Å²) >= 11 is 0. The maximum atomic E-state index is 12.6. The summed E-state index contributed by atoms with van der Waals surface area (Å²) in [6.45, 7) is -0.804. The van der Waals surface area contributed by atoms with Gasteiger partial charge < -0.3 is 19.9 Å². The average Bonchev–Trinajstić information content (AvgIpc) is 2.78. The number of halogens is 3. The van der Waals surface area contributed by atoms with E-state index < -0.39 is 30.5 Å². The molecule has 0 saturated carbocycles. The molecule has 0 saturated heterocycles. The molecule has 2 heterocycles. The van der Waals surface area contributed by atoms with Crippen LogP contribution in [-0.2, 0) is 24.1 Å². The largest absolute Gasteiger partial charge is 0.480 e. The summed E-state index contributed by atoms with van der Waals surface area (Å²) in [4.78, 5) is 23.1. The number of carboxylic acid groups (broad SMARTS) is 1. The molecule has 0 unspecified atom stereocenters. The monoisotopic (exact) mass is 293 g/mol. The van der Waals surface area contributed by atoms with E-state index in [1.165, 1.54) is 4.90 Å². The lowest BCUT2D eigenvalue weighted by atomic mass is 10.3. The molecule has 8 nitrogen and oxygen atoms in total. The molecular weight excluding hydrogens is 283 g/mol. The minimum Gasteiger partial charge on any atom is -0.480 e. The lowest BCUT2D eigenvalue weighted by Gasteiger charge is -2.27. The molecule has 0 aliphatic carbocycles. The Morgan fingerprint density at radius 3 is 2.60 bits per heavy atom. The third-order valence-electron chi connectivity index (χ3n) is 2.68. The predicted octanol–water partition coefficient (Wildman–Crippen LogP) is -0.0933. The summed E-state index contributed by atoms with van der Waals surface area (Å²) in [5.74, 6) is -2.30. The van der Waals surface area contributed by atoms with Crippen LogP contribution in [0.1, 0.15) is 11.6 Å². The molecule has 0 atom stereocenters. The van der Waals surface area contributed by atoms with Gasteiger partial charge in [0.1, 0.15) is 6.54 Å². The van der Waals surface area contributed by atoms with Gasteiger partial charge in [-0.3, -0.25) is 4.79 Å². The third kappa shape index (κ3) is 2.81. The smallest absolute Gasteiger partial charge is 0.451 e. The number of urea groups is 1. The number of aromatic nitrogens is 3. The Labute approximate surface area is 110 Å². The normalized spacial score (nSPS) is 14.8. The fourth-order valence-corrected chi connectivity index (χ4v) is 1.80. The van der Waals surface area contributed by atoms with Crippen molar-refractivity contribution in [3.05, 3.63) is 11.6 Å². The Kier molecular flexibility index (Phi) is 3.51. The van der Waals surface area contributed by atoms with Gasteiger partial charge in [0, 0.05) is 13.1 Å². The molecule has 1 aromatic heterocycles. The summed E-state index contributed by atoms with van der Waals surface area (Å²) in [6.07, 6.45) is -4.60. The van der Waals surface area contributed by atoms with E-state index in [4.69, 9.17) is 5.11 Å². The molecule has 0 fully saturated rings. The third-order valence-corrected chi connectivity index (χ3v) is 2.68. The number of fused-ring (bicyclic) bond motifs is 1. The Morgan fingerprint density at radius 2 is 2.00 bits per heavy atom. The number of amides is 2. The Morgan fingerprint density at radius 1 is 1.30 bits per heavy atom. The molecule has 11 heteroatoms. The zero-order valence-corrected chi connectivity index (χ0v) is 10.0. The molecule has 1 aromatic rings. The highest BCUT2D eigenvalue weighted by Gasteiger charge is 2.39. The fraction of sp³-hybridized carbons (Fsp3) is 0.556. The van der Waals surface area contributed by atoms with Crippen molar-refractivity contribution in [2.24, 2.45) is 0 Å². The van der Waals surface area contributed by atoms with Crippen molar-refractivity contribution in [3.8, 4) is 0 Å². The van der Waals surface area contributed by atoms with Crippen LogP contribution < -0.4 is 5.32 Å². The van der Waals surface area contributed by atoms with Gasteiger partial charge >= 0.3 is 18.2 Å². The number of rotatable bonds is 2. The van der Waals surface area contributed by atoms with Crippen LogP contribution in [0, 0.1) is 0 Å². The number of alkyl halides is 3. The van der Waals surface area contributed by atoms with Crippen LogP contribution in [0.3, 0.4) is 0 Å². The Hall–Kier alpha value is -2.33. The van der Waals surface area contributed by atoms with E-state index in [9.17, 15) is 22.8 Å². The lowest BCUT2D eigenvalue weighted by Crippen LogP contribution is -2.46. The molecule has 0 bridgehead atoms. The van der Waals surface area contributed by atoms with Crippen LogP contribution >= 0.6 is 0 Å². The lowest BCUT2D eigenvalue weighted by molar-refractivity contribution is -0.148. The van der Waals surface area contributed by atoms with Crippen molar-refractivity contribution in [2.75, 3.05) is 13.1 Å². The molecule has 2 amide bonds. The van der Waals surface area contributed by atoms with Gasteiger partial charge in [-0.05, 0) is 0 Å². The number of hydrogen-bond donors (Lipinski definition) is 2. The number of hydrogen-bond acceptors (Lipinski definition) is 4. The summed E-state index contributed by atoms with van der Waals surface area (Å²) in [6, 6.07) is -0.671. The van der Waals surface area contributed by atoms with Crippen molar-refractivity contribution in [1.82, 2.24) is 25.0 Å². The molecule has 2 N–H and O–H groups in total. The van der Waals surface area contributed by atoms with Crippen molar-refractivity contribution >= 4 is 12.0 Å². The zero-order chi connectivity index (χ0) is 14.9. The van der Waals surface area contributed by atoms with Crippen LogP contribution in [-0.4, -0.2) is 49.9 Å². The first-order valence-corrected chi connectivity index (χ1v) is 5.53. The quantitative estimate of drug-likeness (QED) is 0.793. The summed E-state index contributed by atoms with van der Waals surface area (Å²) in [5.41, 5.74) is 0. The van der Waals surface area contributed by atoms with E-state index in [0.29, 0.717) is 0 Å². The van der Waals surface area contributed by atoms with Gasteiger partial charge in [0.25, 0.3) is 0 Å². The van der Waals surface area contributed by atoms with E-state index in [1.54, 1.807) is 0 Å². The van der Waals surface area contributed by atoms with Gasteiger partial charge in [-0.15, -0.1) is 10.2 Å². The highest BCUT2D eigenvalue weighted by atomic mass is 19.4. The minimum atomic E-state index is -4.60. The van der Waals surface area contributed by atoms with Crippen LogP contribution in [0.4, 0.5) is 18.0 Å². The van der Waals surface area contributed by atoms with Crippen molar-refractivity contribution in [3.63, 3.8) is 0 Å². The van der Waals surface area contributed by atoms with Gasteiger partial charge in [-0.25, -0.2) is 4.79 Å². The van der Waals surface area contributed by atoms with E-state index in [0.717, 1.165) is 4.57 Å². The van der Waals surface area contributed by atoms with Gasteiger partial charge in [-0.1, -0.05) is 0 Å². The number of nitrogens with one attached hydrogen (secondary N) is 1. The van der Waals surface area contributed by atoms with Crippen LogP contribution in [0.25, 0.3) is 0 Å². The first kappa shape index (κ1) is 14.1. The first-order valence-electron chi connectivity index (χ1n) is 5.53. The van der Waals surface area contributed by atoms with Crippen LogP contribution in [0.2, 0.25) is 0 Å². The second-order valence-corrected chi connectivity index (χ2v) is 4.06. The number of aliphatic carboxylic acids is 1. The highest BCUT2D eigenvalue weighted by molar-refractivity contribution is 5.79. The van der Waals surface area contributed by atoms with Crippen LogP contribution in [0.15, 0.2) is 0 Å². The first-order chi connectivity index (χ1) is 9.29. The molecule has 0 aromatic carbocycles. The number of nitrogens with zero attached hydrogens (tertiary/aromatic N) is 4. The van der Waals surface area contributed by atoms with Gasteiger partial charge in [0.2, 0.25) is 5.82 Å². The molecule has 0 radical (unpaired) electrons. The van der Waals surface area contributed by atoms with Gasteiger partial charge in [-0.2, -0.15) is 13.2 Å². The number of carbonyl (C=O) groups is 2. The molecule has 2 rings (SSSR count). The van der Waals surface area contributed by atoms with E-state index in [1.807, 2.05) is 0 Å². The molecular formula is C9H10F3N5O3. The van der Waals surface area contributed by atoms with Crippen molar-refractivity contribution in [2.45, 2.75) is 19.3 Å². The van der Waals surface area contributed by atoms with Crippen LogP contribution in [0.5, 0.6) is 0 Å². The van der Waals surface area contributed by atoms with Gasteiger partial charge in [0.15, 0.2) is 5.82 Å². The number of carboxylic acids is 1.